The highest BCUT2D eigenvalue weighted by molar-refractivity contribution is 6.31. The van der Waals surface area contributed by atoms with Gasteiger partial charge in [0.1, 0.15) is 0 Å². The van der Waals surface area contributed by atoms with Crippen LogP contribution in [0, 0.1) is 12.8 Å². The number of benzene rings is 2. The summed E-state index contributed by atoms with van der Waals surface area (Å²) in [6.07, 6.45) is 1.72. The topological polar surface area (TPSA) is 20.3 Å². The molecule has 0 N–H and O–H groups in total. The van der Waals surface area contributed by atoms with Crippen LogP contribution in [0.15, 0.2) is 48.5 Å². The lowest BCUT2D eigenvalue weighted by Crippen LogP contribution is -2.27. The molecule has 1 atom stereocenters. The van der Waals surface area contributed by atoms with Crippen LogP contribution in [-0.2, 0) is 17.8 Å². The van der Waals surface area contributed by atoms with Gasteiger partial charge in [0.25, 0.3) is 0 Å². The fourth-order valence-corrected chi connectivity index (χ4v) is 3.29. The third-order valence-electron chi connectivity index (χ3n) is 4.47. The van der Waals surface area contributed by atoms with Crippen molar-refractivity contribution >= 4 is 17.5 Å². The van der Waals surface area contributed by atoms with E-state index in [4.69, 9.17) is 11.6 Å². The molecular formula is C19H20ClNO. The highest BCUT2D eigenvalue weighted by Gasteiger charge is 2.31. The first-order valence-corrected chi connectivity index (χ1v) is 8.09. The van der Waals surface area contributed by atoms with E-state index in [1.807, 2.05) is 42.2 Å². The van der Waals surface area contributed by atoms with E-state index in [2.05, 4.69) is 18.2 Å². The van der Waals surface area contributed by atoms with Crippen molar-refractivity contribution in [2.75, 3.05) is 6.54 Å². The minimum atomic E-state index is 0.0841. The molecule has 1 aliphatic rings. The van der Waals surface area contributed by atoms with E-state index in [1.165, 1.54) is 11.1 Å². The van der Waals surface area contributed by atoms with Crippen molar-refractivity contribution in [2.45, 2.75) is 26.3 Å². The van der Waals surface area contributed by atoms with Crippen molar-refractivity contribution in [2.24, 2.45) is 5.92 Å². The number of halogens is 1. The van der Waals surface area contributed by atoms with E-state index in [0.29, 0.717) is 6.54 Å². The van der Waals surface area contributed by atoms with Crippen LogP contribution in [-0.4, -0.2) is 17.4 Å². The molecule has 1 aliphatic heterocycles. The standard InChI is InChI=1S/C19H20ClNO/c1-14-16(8-5-9-18(14)20)12-17-10-11-21(19(17)22)13-15-6-3-2-4-7-15/h2-9,17H,10-13H2,1H3. The predicted octanol–water partition coefficient (Wildman–Crippen LogP) is 4.24. The first kappa shape index (κ1) is 15.1. The number of likely N-dealkylation sites (tertiary alicyclic amines) is 1. The Morgan fingerprint density at radius 1 is 1.14 bits per heavy atom. The summed E-state index contributed by atoms with van der Waals surface area (Å²) in [5, 5.41) is 0.782. The Labute approximate surface area is 136 Å². The quantitative estimate of drug-likeness (QED) is 0.826. The van der Waals surface area contributed by atoms with Crippen molar-refractivity contribution in [1.82, 2.24) is 4.90 Å². The van der Waals surface area contributed by atoms with E-state index >= 15 is 0 Å². The molecule has 2 aromatic rings. The maximum absolute atomic E-state index is 12.6. The number of amides is 1. The first-order chi connectivity index (χ1) is 10.6. The zero-order valence-corrected chi connectivity index (χ0v) is 13.5. The second-order valence-corrected chi connectivity index (χ2v) is 6.37. The smallest absolute Gasteiger partial charge is 0.226 e. The van der Waals surface area contributed by atoms with Gasteiger partial charge >= 0.3 is 0 Å². The van der Waals surface area contributed by atoms with Crippen molar-refractivity contribution < 1.29 is 4.79 Å². The van der Waals surface area contributed by atoms with Crippen LogP contribution in [0.2, 0.25) is 5.02 Å². The summed E-state index contributed by atoms with van der Waals surface area (Å²) < 4.78 is 0. The number of rotatable bonds is 4. The molecule has 1 heterocycles. The van der Waals surface area contributed by atoms with Gasteiger partial charge in [0.2, 0.25) is 5.91 Å². The van der Waals surface area contributed by atoms with Gasteiger partial charge in [-0.05, 0) is 42.5 Å². The van der Waals surface area contributed by atoms with Crippen molar-refractivity contribution in [1.29, 1.82) is 0 Å². The molecule has 1 amide bonds. The molecule has 1 saturated heterocycles. The molecule has 0 spiro atoms. The number of hydrogen-bond acceptors (Lipinski definition) is 1. The lowest BCUT2D eigenvalue weighted by Gasteiger charge is -2.17. The number of carbonyl (C=O) groups is 1. The Kier molecular flexibility index (Phi) is 4.49. The van der Waals surface area contributed by atoms with Crippen molar-refractivity contribution in [3.05, 3.63) is 70.2 Å². The van der Waals surface area contributed by atoms with Crippen molar-refractivity contribution in [3.63, 3.8) is 0 Å². The Morgan fingerprint density at radius 3 is 2.68 bits per heavy atom. The summed E-state index contributed by atoms with van der Waals surface area (Å²) in [4.78, 5) is 14.6. The highest BCUT2D eigenvalue weighted by Crippen LogP contribution is 2.27. The molecule has 22 heavy (non-hydrogen) atoms. The first-order valence-electron chi connectivity index (χ1n) is 7.72. The molecule has 114 valence electrons. The zero-order chi connectivity index (χ0) is 15.5. The van der Waals surface area contributed by atoms with Crippen LogP contribution >= 0.6 is 11.6 Å². The largest absolute Gasteiger partial charge is 0.338 e. The van der Waals surface area contributed by atoms with Crippen LogP contribution < -0.4 is 0 Å². The van der Waals surface area contributed by atoms with E-state index < -0.39 is 0 Å². The summed E-state index contributed by atoms with van der Waals surface area (Å²) >= 11 is 6.18. The average Bonchev–Trinajstić information content (AvgIpc) is 2.86. The molecule has 2 aromatic carbocycles. The minimum absolute atomic E-state index is 0.0841. The maximum atomic E-state index is 12.6. The molecular weight excluding hydrogens is 294 g/mol. The summed E-state index contributed by atoms with van der Waals surface area (Å²) in [5.74, 6) is 0.351. The summed E-state index contributed by atoms with van der Waals surface area (Å²) in [5.41, 5.74) is 3.47. The molecule has 0 aliphatic carbocycles. The Hall–Kier alpha value is -1.80. The lowest BCUT2D eigenvalue weighted by molar-refractivity contribution is -0.131. The predicted molar refractivity (Wildman–Crippen MR) is 89.9 cm³/mol. The van der Waals surface area contributed by atoms with Crippen LogP contribution in [0.25, 0.3) is 0 Å². The maximum Gasteiger partial charge on any atom is 0.226 e. The average molecular weight is 314 g/mol. The van der Waals surface area contributed by atoms with Gasteiger partial charge in [-0.15, -0.1) is 0 Å². The lowest BCUT2D eigenvalue weighted by atomic mass is 9.95. The SMILES string of the molecule is Cc1c(Cl)cccc1CC1CCN(Cc2ccccc2)C1=O. The van der Waals surface area contributed by atoms with Crippen LogP contribution in [0.3, 0.4) is 0 Å². The van der Waals surface area contributed by atoms with E-state index in [0.717, 1.165) is 30.0 Å². The number of nitrogens with zero attached hydrogens (tertiary/aromatic N) is 1. The van der Waals surface area contributed by atoms with Gasteiger partial charge in [-0.3, -0.25) is 4.79 Å². The summed E-state index contributed by atoms with van der Waals surface area (Å²) in [6, 6.07) is 16.1. The number of carbonyl (C=O) groups excluding carboxylic acids is 1. The summed E-state index contributed by atoms with van der Waals surface area (Å²) in [6.45, 7) is 3.58. The van der Waals surface area contributed by atoms with Crippen molar-refractivity contribution in [3.8, 4) is 0 Å². The van der Waals surface area contributed by atoms with Gasteiger partial charge in [-0.25, -0.2) is 0 Å². The monoisotopic (exact) mass is 313 g/mol. The highest BCUT2D eigenvalue weighted by atomic mass is 35.5. The second-order valence-electron chi connectivity index (χ2n) is 5.96. The van der Waals surface area contributed by atoms with Gasteiger partial charge in [0.15, 0.2) is 0 Å². The molecule has 0 bridgehead atoms. The fourth-order valence-electron chi connectivity index (χ4n) is 3.09. The molecule has 0 aromatic heterocycles. The molecule has 0 saturated carbocycles. The Morgan fingerprint density at radius 2 is 1.91 bits per heavy atom. The van der Waals surface area contributed by atoms with Gasteiger partial charge in [0.05, 0.1) is 0 Å². The fraction of sp³-hybridized carbons (Fsp3) is 0.316. The number of hydrogen-bond donors (Lipinski definition) is 0. The molecule has 1 fully saturated rings. The third kappa shape index (κ3) is 3.17. The molecule has 3 heteroatoms. The van der Waals surface area contributed by atoms with Gasteiger partial charge in [-0.1, -0.05) is 54.1 Å². The Bertz CT molecular complexity index is 668. The molecule has 1 unspecified atom stereocenters. The van der Waals surface area contributed by atoms with E-state index in [-0.39, 0.29) is 11.8 Å². The van der Waals surface area contributed by atoms with Crippen LogP contribution in [0.1, 0.15) is 23.1 Å². The van der Waals surface area contributed by atoms with E-state index in [1.54, 1.807) is 0 Å². The normalized spacial score (nSPS) is 18.0. The minimum Gasteiger partial charge on any atom is -0.338 e. The van der Waals surface area contributed by atoms with Gasteiger partial charge in [0, 0.05) is 24.0 Å². The van der Waals surface area contributed by atoms with E-state index in [9.17, 15) is 4.79 Å². The second kappa shape index (κ2) is 6.53. The molecule has 2 nitrogen and oxygen atoms in total. The zero-order valence-electron chi connectivity index (χ0n) is 12.8. The molecule has 0 radical (unpaired) electrons. The van der Waals surface area contributed by atoms with Crippen LogP contribution in [0.5, 0.6) is 0 Å². The van der Waals surface area contributed by atoms with Gasteiger partial charge < -0.3 is 4.90 Å². The van der Waals surface area contributed by atoms with Crippen LogP contribution in [0.4, 0.5) is 0 Å². The third-order valence-corrected chi connectivity index (χ3v) is 4.88. The van der Waals surface area contributed by atoms with Gasteiger partial charge in [-0.2, -0.15) is 0 Å². The summed E-state index contributed by atoms with van der Waals surface area (Å²) in [7, 11) is 0. The Balaban J connectivity index is 1.67. The molecule has 3 rings (SSSR count).